The van der Waals surface area contributed by atoms with Gasteiger partial charge in [-0.1, -0.05) is 105 Å². The van der Waals surface area contributed by atoms with E-state index >= 15 is 0 Å². The second kappa shape index (κ2) is 11.3. The molecule has 5 heteroatoms. The van der Waals surface area contributed by atoms with Crippen LogP contribution >= 0.6 is 0 Å². The molecule has 1 aliphatic carbocycles. The maximum atomic E-state index is 5.12. The fraction of sp³-hybridized carbons (Fsp3) is 0.122. The van der Waals surface area contributed by atoms with Crippen molar-refractivity contribution >= 4 is 40.8 Å². The quantitative estimate of drug-likeness (QED) is 0.181. The number of hydrogen-bond acceptors (Lipinski definition) is 3. The molecule has 1 aliphatic heterocycles. The molecule has 3 heterocycles. The van der Waals surface area contributed by atoms with Crippen molar-refractivity contribution in [2.75, 3.05) is 4.90 Å². The van der Waals surface area contributed by atoms with Crippen molar-refractivity contribution in [2.24, 2.45) is 0 Å². The summed E-state index contributed by atoms with van der Waals surface area (Å²) in [4.78, 5) is 7.57. The molecule has 0 spiro atoms. The summed E-state index contributed by atoms with van der Waals surface area (Å²) in [6.45, 7) is 4.67. The number of allylic oxidation sites excluding steroid dienone is 4. The Morgan fingerprint density at radius 3 is 2.24 bits per heavy atom. The van der Waals surface area contributed by atoms with E-state index < -0.39 is 8.07 Å². The summed E-state index contributed by atoms with van der Waals surface area (Å²) in [5, 5.41) is 9.76. The molecule has 1 atom stereocenters. The topological polar surface area (TPSA) is 34.0 Å². The van der Waals surface area contributed by atoms with Gasteiger partial charge in [0.1, 0.15) is 0 Å². The average molecular weight is 613 g/mol. The van der Waals surface area contributed by atoms with Crippen LogP contribution in [0.3, 0.4) is 0 Å². The van der Waals surface area contributed by atoms with Crippen LogP contribution in [0.5, 0.6) is 0 Å². The summed E-state index contributed by atoms with van der Waals surface area (Å²) in [6, 6.07) is 44.3. The van der Waals surface area contributed by atoms with Crippen LogP contribution in [0, 0.1) is 0 Å². The van der Waals surface area contributed by atoms with Gasteiger partial charge in [-0.3, -0.25) is 4.98 Å². The van der Waals surface area contributed by atoms with E-state index in [0.717, 1.165) is 29.5 Å². The monoisotopic (exact) mass is 612 g/mol. The largest absolute Gasteiger partial charge is 0.310 e. The Morgan fingerprint density at radius 2 is 1.46 bits per heavy atom. The highest BCUT2D eigenvalue weighted by Crippen LogP contribution is 2.52. The second-order valence-corrected chi connectivity index (χ2v) is 16.4. The third-order valence-electron chi connectivity index (χ3n) is 9.70. The molecular formula is C41H36N4Si. The first kappa shape index (κ1) is 28.2. The molecule has 4 aromatic carbocycles. The molecule has 0 radical (unpaired) electrons. The molecule has 0 amide bonds. The number of nitrogens with zero attached hydrogens (tertiary/aromatic N) is 4. The molecule has 8 rings (SSSR count). The van der Waals surface area contributed by atoms with Gasteiger partial charge in [0, 0.05) is 35.0 Å². The summed E-state index contributed by atoms with van der Waals surface area (Å²) in [7, 11) is -2.76. The van der Waals surface area contributed by atoms with Crippen molar-refractivity contribution in [3.05, 3.63) is 174 Å². The smallest absolute Gasteiger partial charge is 0.201 e. The Hall–Kier alpha value is -5.26. The van der Waals surface area contributed by atoms with E-state index in [1.165, 1.54) is 38.1 Å². The third-order valence-corrected chi connectivity index (χ3v) is 14.4. The Kier molecular flexibility index (Phi) is 6.92. The first-order valence-corrected chi connectivity index (χ1v) is 18.1. The number of pyridine rings is 1. The molecule has 6 aromatic rings. The molecule has 1 unspecified atom stereocenters. The SMILES string of the molecule is CC1(C)c2ccccc2N(c2cccc([Si](C3=CCCC=C3)(c3ccccc3)c3ccccn3)c2)c2cc(-n3cccn3)ccc21. The fourth-order valence-electron chi connectivity index (χ4n) is 7.53. The summed E-state index contributed by atoms with van der Waals surface area (Å²) in [5.41, 5.74) is 7.00. The summed E-state index contributed by atoms with van der Waals surface area (Å²) >= 11 is 0. The van der Waals surface area contributed by atoms with E-state index in [4.69, 9.17) is 4.98 Å². The number of fused-ring (bicyclic) bond motifs is 2. The Labute approximate surface area is 272 Å². The number of benzene rings is 4. The van der Waals surface area contributed by atoms with Gasteiger partial charge in [-0.15, -0.1) is 0 Å². The number of para-hydroxylation sites is 1. The van der Waals surface area contributed by atoms with E-state index in [1.807, 2.05) is 35.4 Å². The fourth-order valence-corrected chi connectivity index (χ4v) is 12.3. The lowest BCUT2D eigenvalue weighted by Crippen LogP contribution is -2.69. The van der Waals surface area contributed by atoms with Gasteiger partial charge in [0.15, 0.2) is 0 Å². The minimum absolute atomic E-state index is 0.170. The maximum absolute atomic E-state index is 5.12. The minimum Gasteiger partial charge on any atom is -0.310 e. The zero-order chi connectivity index (χ0) is 31.1. The van der Waals surface area contributed by atoms with Crippen LogP contribution < -0.4 is 20.6 Å². The van der Waals surface area contributed by atoms with Gasteiger partial charge in [-0.2, -0.15) is 5.10 Å². The van der Waals surface area contributed by atoms with Gasteiger partial charge < -0.3 is 4.90 Å². The zero-order valence-electron chi connectivity index (χ0n) is 26.2. The Bertz CT molecular complexity index is 2040. The Balaban J connectivity index is 1.40. The molecule has 0 bridgehead atoms. The van der Waals surface area contributed by atoms with Gasteiger partial charge >= 0.3 is 0 Å². The first-order chi connectivity index (χ1) is 22.6. The Morgan fingerprint density at radius 1 is 0.652 bits per heavy atom. The lowest BCUT2D eigenvalue weighted by molar-refractivity contribution is 0.631. The maximum Gasteiger partial charge on any atom is 0.201 e. The molecule has 0 fully saturated rings. The van der Waals surface area contributed by atoms with E-state index in [0.29, 0.717) is 0 Å². The first-order valence-electron chi connectivity index (χ1n) is 16.1. The predicted octanol–water partition coefficient (Wildman–Crippen LogP) is 7.66. The van der Waals surface area contributed by atoms with E-state index in [-0.39, 0.29) is 5.41 Å². The predicted molar refractivity (Wildman–Crippen MR) is 192 cm³/mol. The van der Waals surface area contributed by atoms with Gasteiger partial charge in [0.25, 0.3) is 0 Å². The highest BCUT2D eigenvalue weighted by atomic mass is 28.3. The van der Waals surface area contributed by atoms with Crippen molar-refractivity contribution in [3.63, 3.8) is 0 Å². The van der Waals surface area contributed by atoms with Crippen LogP contribution in [-0.2, 0) is 5.41 Å². The highest BCUT2D eigenvalue weighted by Gasteiger charge is 2.44. The zero-order valence-corrected chi connectivity index (χ0v) is 27.2. The molecule has 0 saturated carbocycles. The third kappa shape index (κ3) is 4.42. The van der Waals surface area contributed by atoms with Crippen molar-refractivity contribution in [3.8, 4) is 5.69 Å². The van der Waals surface area contributed by atoms with E-state index in [2.05, 4.69) is 151 Å². The standard InChI is InChI=1S/C41H36N4Si/c1-41(2)36-21-9-10-22-38(36)45(39-30-31(24-25-37(39)41)44-28-14-27-43-44)32-15-13-20-35(29-32)46(33-16-5-3-6-17-33,34-18-7-4-8-19-34)40-23-11-12-26-42-40/h3,5-7,9-30H,4,8H2,1-2H3. The van der Waals surface area contributed by atoms with Crippen LogP contribution in [0.25, 0.3) is 5.69 Å². The lowest BCUT2D eigenvalue weighted by Gasteiger charge is -2.42. The van der Waals surface area contributed by atoms with Crippen molar-refractivity contribution < 1.29 is 0 Å². The van der Waals surface area contributed by atoms with E-state index in [1.54, 1.807) is 0 Å². The van der Waals surface area contributed by atoms with Gasteiger partial charge in [0.2, 0.25) is 8.07 Å². The molecule has 2 aliphatic rings. The number of anilines is 3. The minimum atomic E-state index is -2.76. The second-order valence-electron chi connectivity index (χ2n) is 12.7. The lowest BCUT2D eigenvalue weighted by atomic mass is 9.73. The molecule has 46 heavy (non-hydrogen) atoms. The average Bonchev–Trinajstić information content (AvgIpc) is 3.66. The van der Waals surface area contributed by atoms with Crippen LogP contribution in [0.4, 0.5) is 17.1 Å². The van der Waals surface area contributed by atoms with Crippen molar-refractivity contribution in [2.45, 2.75) is 32.1 Å². The molecule has 4 nitrogen and oxygen atoms in total. The summed E-state index contributed by atoms with van der Waals surface area (Å²) in [5.74, 6) is 0. The number of hydrogen-bond donors (Lipinski definition) is 0. The molecule has 224 valence electrons. The summed E-state index contributed by atoms with van der Waals surface area (Å²) < 4.78 is 1.94. The molecule has 0 N–H and O–H groups in total. The van der Waals surface area contributed by atoms with Crippen molar-refractivity contribution in [1.82, 2.24) is 14.8 Å². The van der Waals surface area contributed by atoms with Crippen molar-refractivity contribution in [1.29, 1.82) is 0 Å². The van der Waals surface area contributed by atoms with E-state index in [9.17, 15) is 0 Å². The van der Waals surface area contributed by atoms with Crippen LogP contribution in [0.15, 0.2) is 163 Å². The van der Waals surface area contributed by atoms with Gasteiger partial charge in [-0.05, 0) is 88.1 Å². The summed E-state index contributed by atoms with van der Waals surface area (Å²) in [6.07, 6.45) is 15.1. The van der Waals surface area contributed by atoms with Crippen LogP contribution in [-0.4, -0.2) is 22.8 Å². The molecule has 0 saturated heterocycles. The number of rotatable bonds is 6. The number of aromatic nitrogens is 3. The molecule has 2 aromatic heterocycles. The van der Waals surface area contributed by atoms with Gasteiger partial charge in [-0.25, -0.2) is 4.68 Å². The van der Waals surface area contributed by atoms with Crippen LogP contribution in [0.1, 0.15) is 37.8 Å². The van der Waals surface area contributed by atoms with Gasteiger partial charge in [0.05, 0.1) is 17.1 Å². The highest BCUT2D eigenvalue weighted by molar-refractivity contribution is 7.16. The normalized spacial score (nSPS) is 16.2. The molecular weight excluding hydrogens is 577 g/mol. The van der Waals surface area contributed by atoms with Crippen LogP contribution in [0.2, 0.25) is 0 Å².